The zero-order valence-electron chi connectivity index (χ0n) is 7.08. The standard InChI is InChI=1S/C8H6N5O/c9-8(14)6-2-1-3-7(12-6)13-10-4-5-11-13/h1,3-5H,(H2,9,14). The number of pyridine rings is 1. The molecule has 69 valence electrons. The summed E-state index contributed by atoms with van der Waals surface area (Å²) in [7, 11) is 0. The van der Waals surface area contributed by atoms with Crippen molar-refractivity contribution in [3.63, 3.8) is 0 Å². The van der Waals surface area contributed by atoms with Crippen LogP contribution in [0.4, 0.5) is 0 Å². The molecular formula is C8H6N5O. The molecule has 0 aliphatic heterocycles. The van der Waals surface area contributed by atoms with E-state index in [1.807, 2.05) is 0 Å². The van der Waals surface area contributed by atoms with Crippen LogP contribution in [-0.2, 0) is 0 Å². The Kier molecular flexibility index (Phi) is 1.94. The van der Waals surface area contributed by atoms with Gasteiger partial charge in [0.25, 0.3) is 5.91 Å². The molecule has 0 aromatic carbocycles. The Bertz CT molecular complexity index is 451. The summed E-state index contributed by atoms with van der Waals surface area (Å²) in [5, 5.41) is 7.73. The molecule has 2 heterocycles. The molecule has 0 aliphatic carbocycles. The van der Waals surface area contributed by atoms with Gasteiger partial charge in [0.2, 0.25) is 0 Å². The van der Waals surface area contributed by atoms with E-state index in [4.69, 9.17) is 5.73 Å². The summed E-state index contributed by atoms with van der Waals surface area (Å²) in [6.45, 7) is 0. The lowest BCUT2D eigenvalue weighted by atomic mass is 10.3. The van der Waals surface area contributed by atoms with Crippen molar-refractivity contribution in [2.45, 2.75) is 0 Å². The van der Waals surface area contributed by atoms with Crippen molar-refractivity contribution in [1.82, 2.24) is 20.0 Å². The van der Waals surface area contributed by atoms with Gasteiger partial charge in [0.15, 0.2) is 5.82 Å². The highest BCUT2D eigenvalue weighted by molar-refractivity contribution is 5.90. The topological polar surface area (TPSA) is 86.7 Å². The van der Waals surface area contributed by atoms with E-state index in [2.05, 4.69) is 21.2 Å². The first-order valence-corrected chi connectivity index (χ1v) is 3.82. The number of primary amides is 1. The average Bonchev–Trinajstić information content (AvgIpc) is 2.71. The van der Waals surface area contributed by atoms with Crippen LogP contribution in [0.5, 0.6) is 0 Å². The Morgan fingerprint density at radius 1 is 1.43 bits per heavy atom. The monoisotopic (exact) mass is 188 g/mol. The molecule has 0 saturated carbocycles. The third kappa shape index (κ3) is 1.45. The molecule has 0 bridgehead atoms. The van der Waals surface area contributed by atoms with Gasteiger partial charge < -0.3 is 5.73 Å². The maximum atomic E-state index is 10.8. The molecule has 2 aromatic rings. The molecule has 0 spiro atoms. The second-order valence-electron chi connectivity index (χ2n) is 2.48. The van der Waals surface area contributed by atoms with Crippen LogP contribution in [0, 0.1) is 6.07 Å². The van der Waals surface area contributed by atoms with Crippen LogP contribution in [0.25, 0.3) is 5.82 Å². The minimum atomic E-state index is -0.626. The van der Waals surface area contributed by atoms with E-state index in [-0.39, 0.29) is 5.69 Å². The molecule has 0 aliphatic rings. The van der Waals surface area contributed by atoms with Crippen LogP contribution < -0.4 is 5.73 Å². The fourth-order valence-corrected chi connectivity index (χ4v) is 0.951. The maximum Gasteiger partial charge on any atom is 0.268 e. The highest BCUT2D eigenvalue weighted by atomic mass is 16.1. The number of nitrogens with zero attached hydrogens (tertiary/aromatic N) is 4. The van der Waals surface area contributed by atoms with E-state index in [1.54, 1.807) is 12.1 Å². The second kappa shape index (κ2) is 3.25. The van der Waals surface area contributed by atoms with Crippen LogP contribution in [-0.4, -0.2) is 25.9 Å². The molecule has 1 amide bonds. The summed E-state index contributed by atoms with van der Waals surface area (Å²) in [5.41, 5.74) is 5.12. The van der Waals surface area contributed by atoms with Gasteiger partial charge in [0.05, 0.1) is 12.4 Å². The normalized spacial score (nSPS) is 10.0. The average molecular weight is 188 g/mol. The molecule has 14 heavy (non-hydrogen) atoms. The van der Waals surface area contributed by atoms with Gasteiger partial charge in [-0.15, -0.1) is 4.80 Å². The first-order chi connectivity index (χ1) is 6.77. The van der Waals surface area contributed by atoms with Crippen LogP contribution in [0.2, 0.25) is 0 Å². The first kappa shape index (κ1) is 8.36. The van der Waals surface area contributed by atoms with Crippen LogP contribution in [0.1, 0.15) is 10.5 Å². The maximum absolute atomic E-state index is 10.8. The number of nitrogens with two attached hydrogens (primary N) is 1. The Morgan fingerprint density at radius 3 is 2.79 bits per heavy atom. The third-order valence-corrected chi connectivity index (χ3v) is 1.54. The van der Waals surface area contributed by atoms with E-state index in [0.29, 0.717) is 5.82 Å². The van der Waals surface area contributed by atoms with Gasteiger partial charge in [-0.1, -0.05) is 0 Å². The lowest BCUT2D eigenvalue weighted by Crippen LogP contribution is -2.14. The van der Waals surface area contributed by atoms with Gasteiger partial charge in [-0.3, -0.25) is 4.79 Å². The fourth-order valence-electron chi connectivity index (χ4n) is 0.951. The minimum Gasteiger partial charge on any atom is -0.364 e. The molecule has 2 N–H and O–H groups in total. The van der Waals surface area contributed by atoms with E-state index in [9.17, 15) is 4.79 Å². The first-order valence-electron chi connectivity index (χ1n) is 3.82. The molecule has 0 fully saturated rings. The highest BCUT2D eigenvalue weighted by Gasteiger charge is 2.05. The number of rotatable bonds is 2. The van der Waals surface area contributed by atoms with Crippen molar-refractivity contribution in [3.05, 3.63) is 36.3 Å². The molecule has 2 rings (SSSR count). The van der Waals surface area contributed by atoms with Crippen LogP contribution in [0.15, 0.2) is 24.5 Å². The minimum absolute atomic E-state index is 0.0693. The van der Waals surface area contributed by atoms with Gasteiger partial charge in [0.1, 0.15) is 5.69 Å². The van der Waals surface area contributed by atoms with Crippen molar-refractivity contribution in [2.75, 3.05) is 0 Å². The zero-order chi connectivity index (χ0) is 9.97. The van der Waals surface area contributed by atoms with Crippen LogP contribution >= 0.6 is 0 Å². The van der Waals surface area contributed by atoms with E-state index in [0.717, 1.165) is 0 Å². The zero-order valence-corrected chi connectivity index (χ0v) is 7.08. The van der Waals surface area contributed by atoms with E-state index >= 15 is 0 Å². The summed E-state index contributed by atoms with van der Waals surface area (Å²) in [6.07, 6.45) is 3.03. The van der Waals surface area contributed by atoms with Crippen molar-refractivity contribution in [2.24, 2.45) is 5.73 Å². The number of aromatic nitrogens is 4. The molecule has 1 radical (unpaired) electrons. The highest BCUT2D eigenvalue weighted by Crippen LogP contribution is 2.01. The van der Waals surface area contributed by atoms with Gasteiger partial charge in [-0.25, -0.2) is 4.98 Å². The lowest BCUT2D eigenvalue weighted by Gasteiger charge is -1.98. The fraction of sp³-hybridized carbons (Fsp3) is 0. The summed E-state index contributed by atoms with van der Waals surface area (Å²) in [4.78, 5) is 16.0. The molecule has 0 atom stereocenters. The Hall–Kier alpha value is -2.24. The van der Waals surface area contributed by atoms with Gasteiger partial charge >= 0.3 is 0 Å². The van der Waals surface area contributed by atoms with Gasteiger partial charge in [0, 0.05) is 6.07 Å². The number of hydrogen-bond donors (Lipinski definition) is 1. The molecule has 0 unspecified atom stereocenters. The SMILES string of the molecule is NC(=O)c1[c]ccc(-n2nccn2)n1. The predicted octanol–water partition coefficient (Wildman–Crippen LogP) is -0.439. The van der Waals surface area contributed by atoms with E-state index in [1.165, 1.54) is 17.2 Å². The predicted molar refractivity (Wildman–Crippen MR) is 46.5 cm³/mol. The third-order valence-electron chi connectivity index (χ3n) is 1.54. The smallest absolute Gasteiger partial charge is 0.268 e. The Morgan fingerprint density at radius 2 is 2.14 bits per heavy atom. The van der Waals surface area contributed by atoms with Crippen molar-refractivity contribution in [1.29, 1.82) is 0 Å². The molecule has 2 aromatic heterocycles. The number of carbonyl (C=O) groups is 1. The summed E-state index contributed by atoms with van der Waals surface area (Å²) in [6, 6.07) is 5.79. The largest absolute Gasteiger partial charge is 0.364 e. The second-order valence-corrected chi connectivity index (χ2v) is 2.48. The molecule has 0 saturated heterocycles. The summed E-state index contributed by atoms with van der Waals surface area (Å²) >= 11 is 0. The summed E-state index contributed by atoms with van der Waals surface area (Å²) < 4.78 is 0. The quantitative estimate of drug-likeness (QED) is 0.692. The van der Waals surface area contributed by atoms with E-state index < -0.39 is 5.91 Å². The Balaban J connectivity index is 2.46. The number of amides is 1. The number of hydrogen-bond acceptors (Lipinski definition) is 4. The van der Waals surface area contributed by atoms with Crippen molar-refractivity contribution < 1.29 is 4.79 Å². The Labute approximate surface area is 79.4 Å². The van der Waals surface area contributed by atoms with Crippen molar-refractivity contribution in [3.8, 4) is 5.82 Å². The molecule has 6 nitrogen and oxygen atoms in total. The number of carbonyl (C=O) groups excluding carboxylic acids is 1. The molecule has 6 heteroatoms. The van der Waals surface area contributed by atoms with Crippen molar-refractivity contribution >= 4 is 5.91 Å². The van der Waals surface area contributed by atoms with Gasteiger partial charge in [-0.2, -0.15) is 10.2 Å². The lowest BCUT2D eigenvalue weighted by molar-refractivity contribution is 0.0995. The van der Waals surface area contributed by atoms with Crippen LogP contribution in [0.3, 0.4) is 0 Å². The summed E-state index contributed by atoms with van der Waals surface area (Å²) in [5.74, 6) is -0.193. The van der Waals surface area contributed by atoms with Gasteiger partial charge in [-0.05, 0) is 12.1 Å². The molecular weight excluding hydrogens is 182 g/mol.